The van der Waals surface area contributed by atoms with Gasteiger partial charge in [-0.15, -0.1) is 0 Å². The number of ether oxygens (including phenoxy) is 2. The molecular weight excluding hydrogens is 214 g/mol. The van der Waals surface area contributed by atoms with E-state index in [1.165, 1.54) is 14.2 Å². The number of aliphatic hydroxyl groups excluding tert-OH is 1. The van der Waals surface area contributed by atoms with Crippen molar-refractivity contribution in [3.05, 3.63) is 0 Å². The Morgan fingerprint density at radius 2 is 1.50 bits per heavy atom. The summed E-state index contributed by atoms with van der Waals surface area (Å²) in [6, 6.07) is -1.20. The summed E-state index contributed by atoms with van der Waals surface area (Å²) in [5, 5.41) is 9.61. The Kier molecular flexibility index (Phi) is 4.26. The largest absolute Gasteiger partial charge is 0.468 e. The fraction of sp³-hybridized carbons (Fsp3) is 0.800. The Labute approximate surface area is 94.1 Å². The van der Waals surface area contributed by atoms with Gasteiger partial charge in [-0.25, -0.2) is 0 Å². The Hall–Kier alpha value is -1.14. The highest BCUT2D eigenvalue weighted by atomic mass is 16.5. The number of carbonyl (C=O) groups excluding carboxylic acids is 2. The first-order valence-corrected chi connectivity index (χ1v) is 5.07. The van der Waals surface area contributed by atoms with Crippen LogP contribution in [0.15, 0.2) is 0 Å². The topological polar surface area (TPSA) is 76.1 Å². The molecule has 2 unspecified atom stereocenters. The van der Waals surface area contributed by atoms with Crippen LogP contribution in [0.4, 0.5) is 0 Å². The molecule has 16 heavy (non-hydrogen) atoms. The van der Waals surface area contributed by atoms with Crippen molar-refractivity contribution < 1.29 is 24.2 Å². The average molecular weight is 231 g/mol. The zero-order valence-corrected chi connectivity index (χ0v) is 9.67. The highest BCUT2D eigenvalue weighted by Crippen LogP contribution is 2.23. The minimum atomic E-state index is -0.690. The molecule has 1 saturated heterocycles. The van der Waals surface area contributed by atoms with Crippen molar-refractivity contribution in [2.75, 3.05) is 21.3 Å². The van der Waals surface area contributed by atoms with Gasteiger partial charge in [0.2, 0.25) is 0 Å². The van der Waals surface area contributed by atoms with Gasteiger partial charge >= 0.3 is 11.9 Å². The van der Waals surface area contributed by atoms with Crippen LogP contribution in [-0.4, -0.2) is 61.4 Å². The molecule has 0 amide bonds. The first kappa shape index (κ1) is 12.9. The van der Waals surface area contributed by atoms with Crippen molar-refractivity contribution in [1.82, 2.24) is 4.90 Å². The average Bonchev–Trinajstić information content (AvgIpc) is 2.29. The number of carbonyl (C=O) groups is 2. The van der Waals surface area contributed by atoms with Crippen molar-refractivity contribution in [3.8, 4) is 0 Å². The molecule has 6 heteroatoms. The lowest BCUT2D eigenvalue weighted by Crippen LogP contribution is -2.55. The van der Waals surface area contributed by atoms with Crippen LogP contribution >= 0.6 is 0 Å². The summed E-state index contributed by atoms with van der Waals surface area (Å²) in [5.41, 5.74) is 0. The van der Waals surface area contributed by atoms with Crippen LogP contribution in [0.25, 0.3) is 0 Å². The second kappa shape index (κ2) is 5.27. The van der Waals surface area contributed by atoms with Crippen LogP contribution in [-0.2, 0) is 19.1 Å². The quantitative estimate of drug-likeness (QED) is 0.624. The third kappa shape index (κ3) is 2.51. The number of aliphatic hydroxyl groups is 1. The van der Waals surface area contributed by atoms with Gasteiger partial charge in [0.15, 0.2) is 0 Å². The molecule has 1 aliphatic heterocycles. The number of hydrogen-bond acceptors (Lipinski definition) is 6. The van der Waals surface area contributed by atoms with Crippen LogP contribution in [0.1, 0.15) is 12.8 Å². The molecule has 0 spiro atoms. The molecule has 1 rings (SSSR count). The van der Waals surface area contributed by atoms with E-state index in [0.717, 1.165) is 0 Å². The number of methoxy groups -OCH3 is 2. The van der Waals surface area contributed by atoms with Crippen molar-refractivity contribution >= 4 is 11.9 Å². The molecule has 6 nitrogen and oxygen atoms in total. The summed E-state index contributed by atoms with van der Waals surface area (Å²) in [7, 11) is 4.21. The van der Waals surface area contributed by atoms with Crippen LogP contribution in [0.3, 0.4) is 0 Å². The summed E-state index contributed by atoms with van der Waals surface area (Å²) in [4.78, 5) is 24.5. The van der Waals surface area contributed by atoms with E-state index in [-0.39, 0.29) is 12.8 Å². The smallest absolute Gasteiger partial charge is 0.323 e. The van der Waals surface area contributed by atoms with E-state index in [1.54, 1.807) is 11.9 Å². The molecule has 0 aliphatic carbocycles. The lowest BCUT2D eigenvalue weighted by Gasteiger charge is -2.38. The lowest BCUT2D eigenvalue weighted by molar-refractivity contribution is -0.159. The van der Waals surface area contributed by atoms with E-state index in [2.05, 4.69) is 9.47 Å². The summed E-state index contributed by atoms with van der Waals surface area (Å²) >= 11 is 0. The van der Waals surface area contributed by atoms with Gasteiger partial charge in [0.05, 0.1) is 20.3 Å². The normalized spacial score (nSPS) is 30.9. The van der Waals surface area contributed by atoms with E-state index < -0.39 is 30.1 Å². The molecule has 92 valence electrons. The Morgan fingerprint density at radius 3 is 1.81 bits per heavy atom. The molecule has 2 atom stereocenters. The first-order chi connectivity index (χ1) is 7.51. The Morgan fingerprint density at radius 1 is 1.12 bits per heavy atom. The molecule has 0 radical (unpaired) electrons. The molecule has 0 aromatic rings. The Balaban J connectivity index is 2.81. The molecule has 1 fully saturated rings. The molecular formula is C10H17NO5. The van der Waals surface area contributed by atoms with Crippen molar-refractivity contribution in [1.29, 1.82) is 0 Å². The minimum absolute atomic E-state index is 0.274. The van der Waals surface area contributed by atoms with E-state index in [0.29, 0.717) is 0 Å². The van der Waals surface area contributed by atoms with Crippen molar-refractivity contribution in [3.63, 3.8) is 0 Å². The maximum absolute atomic E-state index is 11.5. The number of esters is 2. The maximum Gasteiger partial charge on any atom is 0.323 e. The third-order valence-electron chi connectivity index (χ3n) is 2.92. The van der Waals surface area contributed by atoms with Crippen molar-refractivity contribution in [2.24, 2.45) is 0 Å². The van der Waals surface area contributed by atoms with E-state index in [1.807, 2.05) is 0 Å². The van der Waals surface area contributed by atoms with Crippen LogP contribution in [0.5, 0.6) is 0 Å². The van der Waals surface area contributed by atoms with Gasteiger partial charge in [0.1, 0.15) is 12.1 Å². The Bertz CT molecular complexity index is 254. The van der Waals surface area contributed by atoms with Gasteiger partial charge in [-0.3, -0.25) is 14.5 Å². The van der Waals surface area contributed by atoms with Gasteiger partial charge < -0.3 is 14.6 Å². The fourth-order valence-electron chi connectivity index (χ4n) is 1.96. The summed E-state index contributed by atoms with van der Waals surface area (Å²) in [6.07, 6.45) is -0.141. The van der Waals surface area contributed by atoms with Gasteiger partial charge in [0, 0.05) is 0 Å². The number of piperidine rings is 1. The van der Waals surface area contributed by atoms with Gasteiger partial charge in [-0.05, 0) is 19.9 Å². The zero-order chi connectivity index (χ0) is 12.3. The van der Waals surface area contributed by atoms with Crippen molar-refractivity contribution in [2.45, 2.75) is 31.0 Å². The summed E-state index contributed by atoms with van der Waals surface area (Å²) < 4.78 is 9.25. The number of likely N-dealkylation sites (tertiary alicyclic amines) is 1. The van der Waals surface area contributed by atoms with Gasteiger partial charge in [-0.2, -0.15) is 0 Å². The number of rotatable bonds is 2. The number of hydrogen-bond donors (Lipinski definition) is 1. The monoisotopic (exact) mass is 231 g/mol. The third-order valence-corrected chi connectivity index (χ3v) is 2.92. The molecule has 1 N–H and O–H groups in total. The second-order valence-corrected chi connectivity index (χ2v) is 3.87. The standard InChI is InChI=1S/C10H17NO5/c1-11-7(9(13)15-2)4-6(12)5-8(11)10(14)16-3/h6-8,12H,4-5H2,1-3H3. The molecule has 0 aromatic heterocycles. The predicted molar refractivity (Wildman–Crippen MR) is 54.6 cm³/mol. The lowest BCUT2D eigenvalue weighted by atomic mass is 9.94. The summed E-state index contributed by atoms with van der Waals surface area (Å²) in [6.45, 7) is 0. The molecule has 0 aromatic carbocycles. The second-order valence-electron chi connectivity index (χ2n) is 3.87. The first-order valence-electron chi connectivity index (χ1n) is 5.07. The van der Waals surface area contributed by atoms with Gasteiger partial charge in [0.25, 0.3) is 0 Å². The number of likely N-dealkylation sites (N-methyl/N-ethyl adjacent to an activating group) is 1. The predicted octanol–water partition coefficient (Wildman–Crippen LogP) is -0.844. The van der Waals surface area contributed by atoms with Gasteiger partial charge in [-0.1, -0.05) is 0 Å². The van der Waals surface area contributed by atoms with Crippen LogP contribution in [0.2, 0.25) is 0 Å². The van der Waals surface area contributed by atoms with E-state index in [9.17, 15) is 14.7 Å². The molecule has 0 saturated carbocycles. The van der Waals surface area contributed by atoms with E-state index >= 15 is 0 Å². The molecule has 1 heterocycles. The molecule has 0 bridgehead atoms. The van der Waals surface area contributed by atoms with Crippen LogP contribution in [0, 0.1) is 0 Å². The highest BCUT2D eigenvalue weighted by Gasteiger charge is 2.40. The maximum atomic E-state index is 11.5. The van der Waals surface area contributed by atoms with E-state index in [4.69, 9.17) is 0 Å². The molecule has 1 aliphatic rings. The zero-order valence-electron chi connectivity index (χ0n) is 9.67. The highest BCUT2D eigenvalue weighted by molar-refractivity contribution is 5.80. The number of nitrogens with zero attached hydrogens (tertiary/aromatic N) is 1. The SMILES string of the molecule is COC(=O)C1CC(O)CC(C(=O)OC)N1C. The van der Waals surface area contributed by atoms with Crippen LogP contribution < -0.4 is 0 Å². The fourth-order valence-corrected chi connectivity index (χ4v) is 1.96. The summed E-state index contributed by atoms with van der Waals surface area (Å²) in [5.74, 6) is -0.898. The minimum Gasteiger partial charge on any atom is -0.468 e.